The van der Waals surface area contributed by atoms with E-state index in [0.717, 1.165) is 16.5 Å². The molecule has 4 heteroatoms. The van der Waals surface area contributed by atoms with Gasteiger partial charge in [0.25, 0.3) is 0 Å². The van der Waals surface area contributed by atoms with Crippen molar-refractivity contribution in [3.05, 3.63) is 35.3 Å². The summed E-state index contributed by atoms with van der Waals surface area (Å²) in [5.41, 5.74) is 2.28. The molecule has 14 heavy (non-hydrogen) atoms. The fourth-order valence-electron chi connectivity index (χ4n) is 1.56. The molecule has 0 unspecified atom stereocenters. The van der Waals surface area contributed by atoms with E-state index >= 15 is 0 Å². The van der Waals surface area contributed by atoms with Crippen LogP contribution in [0.2, 0.25) is 0 Å². The van der Waals surface area contributed by atoms with Crippen LogP contribution >= 0.6 is 0 Å². The minimum atomic E-state index is -0.275. The zero-order valence-corrected chi connectivity index (χ0v) is 7.80. The molecule has 1 heterocycles. The zero-order valence-electron chi connectivity index (χ0n) is 7.80. The molecule has 0 aliphatic heterocycles. The highest BCUT2D eigenvalue weighted by atomic mass is 19.1. The van der Waals surface area contributed by atoms with E-state index in [4.69, 9.17) is 5.90 Å². The average molecular weight is 194 g/mol. The number of H-pyrrole nitrogens is 1. The first-order valence-electron chi connectivity index (χ1n) is 4.30. The first kappa shape index (κ1) is 9.18. The largest absolute Gasteiger partial charge is 0.359 e. The Bertz CT molecular complexity index is 464. The van der Waals surface area contributed by atoms with E-state index in [9.17, 15) is 4.39 Å². The molecule has 0 bridgehead atoms. The highest BCUT2D eigenvalue weighted by molar-refractivity contribution is 5.84. The van der Waals surface area contributed by atoms with Gasteiger partial charge >= 0.3 is 0 Å². The molecule has 0 radical (unpaired) electrons. The normalized spacial score (nSPS) is 11.1. The van der Waals surface area contributed by atoms with Crippen LogP contribution in [0.25, 0.3) is 10.9 Å². The molecular weight excluding hydrogens is 183 g/mol. The summed E-state index contributed by atoms with van der Waals surface area (Å²) < 4.78 is 13.5. The molecule has 0 aliphatic carbocycles. The molecule has 2 aromatic rings. The predicted molar refractivity (Wildman–Crippen MR) is 52.0 cm³/mol. The van der Waals surface area contributed by atoms with Gasteiger partial charge in [-0.3, -0.25) is 4.84 Å². The van der Waals surface area contributed by atoms with Crippen LogP contribution in [0, 0.1) is 12.7 Å². The van der Waals surface area contributed by atoms with E-state index in [1.165, 1.54) is 6.07 Å². The second kappa shape index (κ2) is 3.40. The van der Waals surface area contributed by atoms with Gasteiger partial charge in [-0.1, -0.05) is 0 Å². The van der Waals surface area contributed by atoms with Crippen LogP contribution in [-0.2, 0) is 11.4 Å². The van der Waals surface area contributed by atoms with Crippen molar-refractivity contribution in [2.75, 3.05) is 0 Å². The molecule has 3 nitrogen and oxygen atoms in total. The maximum absolute atomic E-state index is 13.5. The van der Waals surface area contributed by atoms with Crippen molar-refractivity contribution >= 4 is 10.9 Å². The Hall–Kier alpha value is -1.39. The number of hydrogen-bond acceptors (Lipinski definition) is 2. The third kappa shape index (κ3) is 1.38. The van der Waals surface area contributed by atoms with E-state index in [1.54, 1.807) is 6.20 Å². The number of aromatic amines is 1. The molecule has 0 atom stereocenters. The van der Waals surface area contributed by atoms with Gasteiger partial charge in [-0.25, -0.2) is 10.3 Å². The fourth-order valence-corrected chi connectivity index (χ4v) is 1.56. The van der Waals surface area contributed by atoms with Crippen LogP contribution in [0.1, 0.15) is 11.1 Å². The molecule has 0 aliphatic rings. The molecule has 0 saturated carbocycles. The van der Waals surface area contributed by atoms with Crippen molar-refractivity contribution in [2.24, 2.45) is 5.90 Å². The summed E-state index contributed by atoms with van der Waals surface area (Å²) in [6, 6.07) is 3.29. The number of benzene rings is 1. The monoisotopic (exact) mass is 194 g/mol. The third-order valence-corrected chi connectivity index (χ3v) is 2.26. The summed E-state index contributed by atoms with van der Waals surface area (Å²) in [6.07, 6.45) is 1.78. The van der Waals surface area contributed by atoms with Gasteiger partial charge in [-0.05, 0) is 30.2 Å². The molecule has 0 saturated heterocycles. The van der Waals surface area contributed by atoms with Crippen molar-refractivity contribution in [3.8, 4) is 0 Å². The number of fused-ring (bicyclic) bond motifs is 1. The van der Waals surface area contributed by atoms with Crippen molar-refractivity contribution in [1.82, 2.24) is 4.98 Å². The molecule has 0 spiro atoms. The lowest BCUT2D eigenvalue weighted by Gasteiger charge is -2.01. The topological polar surface area (TPSA) is 51.0 Å². The van der Waals surface area contributed by atoms with Gasteiger partial charge < -0.3 is 4.98 Å². The van der Waals surface area contributed by atoms with E-state index < -0.39 is 0 Å². The third-order valence-electron chi connectivity index (χ3n) is 2.26. The van der Waals surface area contributed by atoms with Crippen LogP contribution in [-0.4, -0.2) is 4.98 Å². The van der Waals surface area contributed by atoms with Crippen LogP contribution in [0.4, 0.5) is 4.39 Å². The van der Waals surface area contributed by atoms with Crippen LogP contribution < -0.4 is 5.90 Å². The van der Waals surface area contributed by atoms with Gasteiger partial charge in [-0.15, -0.1) is 0 Å². The Kier molecular flexibility index (Phi) is 2.23. The molecule has 1 aromatic heterocycles. The summed E-state index contributed by atoms with van der Waals surface area (Å²) in [5, 5.41) is 0.872. The standard InChI is InChI=1S/C10H11FN2O/c1-6-4-13-10-8(6)2-7(5-14-12)3-9(10)11/h2-4,13H,5,12H2,1H3. The maximum atomic E-state index is 13.5. The average Bonchev–Trinajstić information content (AvgIpc) is 2.49. The Morgan fingerprint density at radius 3 is 3.00 bits per heavy atom. The first-order chi connectivity index (χ1) is 6.72. The summed E-state index contributed by atoms with van der Waals surface area (Å²) in [5.74, 6) is 4.66. The first-order valence-corrected chi connectivity index (χ1v) is 4.30. The van der Waals surface area contributed by atoms with Crippen LogP contribution in [0.3, 0.4) is 0 Å². The highest BCUT2D eigenvalue weighted by Crippen LogP contribution is 2.22. The Morgan fingerprint density at radius 1 is 1.50 bits per heavy atom. The van der Waals surface area contributed by atoms with E-state index in [-0.39, 0.29) is 12.4 Å². The smallest absolute Gasteiger partial charge is 0.147 e. The Morgan fingerprint density at radius 2 is 2.29 bits per heavy atom. The maximum Gasteiger partial charge on any atom is 0.147 e. The number of rotatable bonds is 2. The molecular formula is C10H11FN2O. The quantitative estimate of drug-likeness (QED) is 0.718. The molecule has 74 valence electrons. The highest BCUT2D eigenvalue weighted by Gasteiger charge is 2.07. The van der Waals surface area contributed by atoms with E-state index in [1.807, 2.05) is 13.0 Å². The Labute approximate surface area is 80.6 Å². The van der Waals surface area contributed by atoms with Gasteiger partial charge in [0.1, 0.15) is 5.82 Å². The lowest BCUT2D eigenvalue weighted by Crippen LogP contribution is -1.99. The molecule has 3 N–H and O–H groups in total. The van der Waals surface area contributed by atoms with Crippen molar-refractivity contribution in [2.45, 2.75) is 13.5 Å². The minimum Gasteiger partial charge on any atom is -0.359 e. The van der Waals surface area contributed by atoms with Crippen LogP contribution in [0.15, 0.2) is 18.3 Å². The van der Waals surface area contributed by atoms with Gasteiger partial charge in [0.15, 0.2) is 0 Å². The number of halogens is 1. The second-order valence-corrected chi connectivity index (χ2v) is 3.28. The summed E-state index contributed by atoms with van der Waals surface area (Å²) in [4.78, 5) is 7.35. The van der Waals surface area contributed by atoms with Gasteiger partial charge in [0.2, 0.25) is 0 Å². The predicted octanol–water partition coefficient (Wildman–Crippen LogP) is 2.01. The minimum absolute atomic E-state index is 0.220. The van der Waals surface area contributed by atoms with Crippen molar-refractivity contribution < 1.29 is 9.23 Å². The zero-order chi connectivity index (χ0) is 10.1. The molecule has 2 rings (SSSR count). The number of nitrogens with one attached hydrogen (secondary N) is 1. The number of aromatic nitrogens is 1. The molecule has 0 amide bonds. The Balaban J connectivity index is 2.63. The van der Waals surface area contributed by atoms with Gasteiger partial charge in [0, 0.05) is 11.6 Å². The van der Waals surface area contributed by atoms with E-state index in [2.05, 4.69) is 9.82 Å². The number of nitrogens with two attached hydrogens (primary N) is 1. The number of aryl methyl sites for hydroxylation is 1. The van der Waals surface area contributed by atoms with E-state index in [0.29, 0.717) is 5.52 Å². The van der Waals surface area contributed by atoms with Crippen molar-refractivity contribution in [3.63, 3.8) is 0 Å². The molecule has 1 aromatic carbocycles. The van der Waals surface area contributed by atoms with Crippen LogP contribution in [0.5, 0.6) is 0 Å². The fraction of sp³-hybridized carbons (Fsp3) is 0.200. The van der Waals surface area contributed by atoms with Gasteiger partial charge in [0.05, 0.1) is 12.1 Å². The SMILES string of the molecule is Cc1c[nH]c2c(F)cc(CON)cc12. The van der Waals surface area contributed by atoms with Crippen molar-refractivity contribution in [1.29, 1.82) is 0 Å². The summed E-state index contributed by atoms with van der Waals surface area (Å²) in [7, 11) is 0. The van der Waals surface area contributed by atoms with Gasteiger partial charge in [-0.2, -0.15) is 0 Å². The summed E-state index contributed by atoms with van der Waals surface area (Å²) >= 11 is 0. The lowest BCUT2D eigenvalue weighted by atomic mass is 10.1. The lowest BCUT2D eigenvalue weighted by molar-refractivity contribution is 0.124. The second-order valence-electron chi connectivity index (χ2n) is 3.28. The summed E-state index contributed by atoms with van der Waals surface area (Å²) in [6.45, 7) is 2.14. The number of hydrogen-bond donors (Lipinski definition) is 2. The molecule has 0 fully saturated rings.